The van der Waals surface area contributed by atoms with E-state index in [-0.39, 0.29) is 18.5 Å². The highest BCUT2D eigenvalue weighted by Crippen LogP contribution is 2.32. The van der Waals surface area contributed by atoms with E-state index >= 15 is 0 Å². The first kappa shape index (κ1) is 24.6. The fourth-order valence-electron chi connectivity index (χ4n) is 3.53. The minimum atomic E-state index is -5.01. The van der Waals surface area contributed by atoms with Crippen LogP contribution in [0.1, 0.15) is 29.6 Å². The second kappa shape index (κ2) is 9.83. The zero-order valence-corrected chi connectivity index (χ0v) is 17.6. The van der Waals surface area contributed by atoms with E-state index in [2.05, 4.69) is 20.1 Å². The van der Waals surface area contributed by atoms with Gasteiger partial charge in [0.2, 0.25) is 18.1 Å². The fourth-order valence-corrected chi connectivity index (χ4v) is 3.78. The average Bonchev–Trinajstić information content (AvgIpc) is 3.33. The molecule has 2 heterocycles. The number of aliphatic hydroxyl groups is 1. The number of alkyl halides is 3. The number of halogens is 4. The van der Waals surface area contributed by atoms with E-state index in [1.807, 2.05) is 0 Å². The molecule has 0 aliphatic carbocycles. The fraction of sp³-hybridized carbons (Fsp3) is 0.474. The van der Waals surface area contributed by atoms with Crippen molar-refractivity contribution in [2.45, 2.75) is 44.0 Å². The summed E-state index contributed by atoms with van der Waals surface area (Å²) in [6.07, 6.45) is -5.86. The van der Waals surface area contributed by atoms with Crippen molar-refractivity contribution < 1.29 is 46.9 Å². The van der Waals surface area contributed by atoms with Gasteiger partial charge in [0, 0.05) is 6.54 Å². The third-order valence-electron chi connectivity index (χ3n) is 5.02. The lowest BCUT2D eigenvalue weighted by Gasteiger charge is -2.25. The first-order valence-electron chi connectivity index (χ1n) is 9.76. The number of carbonyl (C=O) groups is 4. The lowest BCUT2D eigenvalue weighted by molar-refractivity contribution is -0.274. The van der Waals surface area contributed by atoms with Crippen LogP contribution >= 0.6 is 11.6 Å². The van der Waals surface area contributed by atoms with Crippen LogP contribution in [0.3, 0.4) is 0 Å². The highest BCUT2D eigenvalue weighted by molar-refractivity contribution is 6.35. The predicted molar refractivity (Wildman–Crippen MR) is 104 cm³/mol. The molecule has 180 valence electrons. The summed E-state index contributed by atoms with van der Waals surface area (Å²) < 4.78 is 45.7. The Balaban J connectivity index is 1.58. The number of amides is 3. The van der Waals surface area contributed by atoms with Gasteiger partial charge in [0.1, 0.15) is 17.8 Å². The Kier molecular flexibility index (Phi) is 7.32. The van der Waals surface area contributed by atoms with Gasteiger partial charge in [-0.2, -0.15) is 0 Å². The van der Waals surface area contributed by atoms with Crippen LogP contribution in [-0.2, 0) is 19.1 Å². The van der Waals surface area contributed by atoms with Crippen LogP contribution in [0.15, 0.2) is 18.2 Å². The lowest BCUT2D eigenvalue weighted by atomic mass is 10.1. The van der Waals surface area contributed by atoms with Crippen LogP contribution in [0.2, 0.25) is 5.02 Å². The van der Waals surface area contributed by atoms with Crippen molar-refractivity contribution in [1.29, 1.82) is 0 Å². The van der Waals surface area contributed by atoms with E-state index in [1.165, 1.54) is 4.90 Å². The number of rotatable bonds is 6. The highest BCUT2D eigenvalue weighted by Gasteiger charge is 2.39. The number of ether oxygens (including phenoxy) is 2. The van der Waals surface area contributed by atoms with E-state index in [9.17, 15) is 37.5 Å². The van der Waals surface area contributed by atoms with Crippen molar-refractivity contribution in [1.82, 2.24) is 15.5 Å². The van der Waals surface area contributed by atoms with Crippen molar-refractivity contribution >= 4 is 35.3 Å². The second-order valence-electron chi connectivity index (χ2n) is 7.29. The van der Waals surface area contributed by atoms with Gasteiger partial charge in [-0.05, 0) is 25.0 Å². The lowest BCUT2D eigenvalue weighted by Crippen LogP contribution is -2.52. The monoisotopic (exact) mass is 493 g/mol. The van der Waals surface area contributed by atoms with Gasteiger partial charge in [-0.3, -0.25) is 19.2 Å². The third-order valence-corrected chi connectivity index (χ3v) is 5.41. The van der Waals surface area contributed by atoms with E-state index < -0.39 is 65.7 Å². The molecule has 3 atom stereocenters. The van der Waals surface area contributed by atoms with Crippen LogP contribution < -0.4 is 15.4 Å². The summed E-state index contributed by atoms with van der Waals surface area (Å²) in [6.45, 7) is -0.317. The van der Waals surface area contributed by atoms with E-state index in [4.69, 9.17) is 11.6 Å². The molecule has 0 aromatic heterocycles. The van der Waals surface area contributed by atoms with Crippen LogP contribution in [0.4, 0.5) is 13.2 Å². The number of nitrogens with one attached hydrogen (secondary N) is 2. The van der Waals surface area contributed by atoms with Gasteiger partial charge in [0.15, 0.2) is 0 Å². The second-order valence-corrected chi connectivity index (χ2v) is 7.67. The summed E-state index contributed by atoms with van der Waals surface area (Å²) in [5.74, 6) is -3.55. The first-order chi connectivity index (χ1) is 15.5. The Labute approximate surface area is 189 Å². The number of aliphatic hydroxyl groups excluding tert-OH is 1. The van der Waals surface area contributed by atoms with E-state index in [0.29, 0.717) is 12.8 Å². The number of esters is 1. The molecule has 10 nitrogen and oxygen atoms in total. The van der Waals surface area contributed by atoms with Gasteiger partial charge >= 0.3 is 12.3 Å². The van der Waals surface area contributed by atoms with Gasteiger partial charge in [0.05, 0.1) is 23.6 Å². The molecule has 2 fully saturated rings. The maximum absolute atomic E-state index is 12.6. The van der Waals surface area contributed by atoms with Crippen molar-refractivity contribution in [2.24, 2.45) is 0 Å². The molecular weight excluding hydrogens is 475 g/mol. The molecule has 0 radical (unpaired) electrons. The highest BCUT2D eigenvalue weighted by atomic mass is 35.5. The standard InChI is InChI=1S/C19H19ClF3N3O7/c20-15-9(3-1-5-12(15)33-19(21,22)23)16(29)24-8-13(27)26-6-2-4-11(26)17(30)25-10-7-14(28)32-18(10)31/h1,3,5,10-11,18,31H,2,4,6-8H2,(H,24,29)(H,25,30)/t10-,11-,18+/m0/s1. The van der Waals surface area contributed by atoms with E-state index in [1.54, 1.807) is 0 Å². The van der Waals surface area contributed by atoms with Crippen LogP contribution in [0, 0.1) is 0 Å². The largest absolute Gasteiger partial charge is 0.573 e. The summed E-state index contributed by atoms with van der Waals surface area (Å²) >= 11 is 5.83. The molecule has 33 heavy (non-hydrogen) atoms. The average molecular weight is 494 g/mol. The maximum atomic E-state index is 12.6. The summed E-state index contributed by atoms with van der Waals surface area (Å²) in [4.78, 5) is 49.9. The van der Waals surface area contributed by atoms with Crippen LogP contribution in [0.25, 0.3) is 0 Å². The normalized spacial score (nSPS) is 22.6. The summed E-state index contributed by atoms with van der Waals surface area (Å²) in [6, 6.07) is 1.41. The smallest absolute Gasteiger partial charge is 0.434 e. The zero-order valence-electron chi connectivity index (χ0n) is 16.9. The molecule has 3 N–H and O–H groups in total. The van der Waals surface area contributed by atoms with Crippen molar-refractivity contribution in [3.05, 3.63) is 28.8 Å². The quantitative estimate of drug-likeness (QED) is 0.497. The molecule has 0 saturated carbocycles. The molecule has 0 unspecified atom stereocenters. The van der Waals surface area contributed by atoms with E-state index in [0.717, 1.165) is 18.2 Å². The topological polar surface area (TPSA) is 134 Å². The molecule has 0 spiro atoms. The van der Waals surface area contributed by atoms with Crippen LogP contribution in [0.5, 0.6) is 5.75 Å². The van der Waals surface area contributed by atoms with Crippen molar-refractivity contribution in [3.63, 3.8) is 0 Å². The minimum Gasteiger partial charge on any atom is -0.434 e. The predicted octanol–water partition coefficient (Wildman–Crippen LogP) is 0.709. The molecule has 1 aromatic rings. The Bertz CT molecular complexity index is 959. The number of likely N-dealkylation sites (tertiary alicyclic amines) is 1. The number of cyclic esters (lactones) is 1. The molecule has 14 heteroatoms. The Morgan fingerprint density at radius 2 is 2.03 bits per heavy atom. The SMILES string of the molecule is O=C1C[C@H](NC(=O)[C@@H]2CCCN2C(=O)CNC(=O)c2cccc(OC(F)(F)F)c2Cl)[C@H](O)O1. The molecule has 3 amide bonds. The summed E-state index contributed by atoms with van der Waals surface area (Å²) in [5.41, 5.74) is -0.332. The van der Waals surface area contributed by atoms with Gasteiger partial charge in [0.25, 0.3) is 5.91 Å². The number of benzene rings is 1. The Hall–Kier alpha value is -3.06. The number of hydrogen-bond donors (Lipinski definition) is 3. The number of nitrogens with zero attached hydrogens (tertiary/aromatic N) is 1. The molecule has 2 saturated heterocycles. The van der Waals surface area contributed by atoms with Gasteiger partial charge in [-0.1, -0.05) is 17.7 Å². The van der Waals surface area contributed by atoms with Gasteiger partial charge in [-0.25, -0.2) is 0 Å². The molecule has 1 aromatic carbocycles. The summed E-state index contributed by atoms with van der Waals surface area (Å²) in [7, 11) is 0. The maximum Gasteiger partial charge on any atom is 0.573 e. The molecule has 0 bridgehead atoms. The first-order valence-corrected chi connectivity index (χ1v) is 10.1. The number of hydrogen-bond acceptors (Lipinski definition) is 7. The van der Waals surface area contributed by atoms with Crippen molar-refractivity contribution in [3.8, 4) is 5.75 Å². The zero-order chi connectivity index (χ0) is 24.3. The van der Waals surface area contributed by atoms with Gasteiger partial charge < -0.3 is 30.1 Å². The molecule has 2 aliphatic rings. The summed E-state index contributed by atoms with van der Waals surface area (Å²) in [5, 5.41) is 13.8. The van der Waals surface area contributed by atoms with Crippen LogP contribution in [-0.4, -0.2) is 71.5 Å². The number of carbonyl (C=O) groups excluding carboxylic acids is 4. The van der Waals surface area contributed by atoms with Gasteiger partial charge in [-0.15, -0.1) is 13.2 Å². The molecule has 2 aliphatic heterocycles. The molecule has 3 rings (SSSR count). The molecular formula is C19H19ClF3N3O7. The minimum absolute atomic E-state index is 0.207. The Morgan fingerprint density at radius 1 is 1.30 bits per heavy atom. The third kappa shape index (κ3) is 6.05. The Morgan fingerprint density at radius 3 is 2.67 bits per heavy atom. The van der Waals surface area contributed by atoms with Crippen molar-refractivity contribution in [2.75, 3.05) is 13.1 Å².